The van der Waals surface area contributed by atoms with E-state index in [4.69, 9.17) is 4.74 Å². The van der Waals surface area contributed by atoms with Crippen LogP contribution in [0.5, 0.6) is 0 Å². The van der Waals surface area contributed by atoms with E-state index in [0.717, 1.165) is 19.5 Å². The summed E-state index contributed by atoms with van der Waals surface area (Å²) in [6, 6.07) is 5.81. The van der Waals surface area contributed by atoms with Gasteiger partial charge in [-0.05, 0) is 30.7 Å². The zero-order valence-corrected chi connectivity index (χ0v) is 13.7. The smallest absolute Gasteiger partial charge is 0.242 e. The number of ether oxygens (including phenoxy) is 1. The van der Waals surface area contributed by atoms with Crippen LogP contribution in [0.15, 0.2) is 24.3 Å². The second-order valence-electron chi connectivity index (χ2n) is 5.65. The van der Waals surface area contributed by atoms with Crippen molar-refractivity contribution in [1.29, 1.82) is 0 Å². The van der Waals surface area contributed by atoms with Crippen LogP contribution in [0.2, 0.25) is 0 Å². The van der Waals surface area contributed by atoms with Crippen molar-refractivity contribution in [2.45, 2.75) is 19.4 Å². The predicted octanol–water partition coefficient (Wildman–Crippen LogP) is 1.31. The lowest BCUT2D eigenvalue weighted by Gasteiger charge is -2.33. The summed E-state index contributed by atoms with van der Waals surface area (Å²) in [5.74, 6) is -0.408. The van der Waals surface area contributed by atoms with Crippen molar-refractivity contribution in [1.82, 2.24) is 15.5 Å². The molecule has 0 bridgehead atoms. The van der Waals surface area contributed by atoms with Crippen molar-refractivity contribution in [3.63, 3.8) is 0 Å². The van der Waals surface area contributed by atoms with Crippen LogP contribution in [0.25, 0.3) is 0 Å². The summed E-state index contributed by atoms with van der Waals surface area (Å²) in [6.45, 7) is 6.86. The molecule has 1 saturated heterocycles. The Kier molecular flexibility index (Phi) is 7.45. The average molecular weight is 323 g/mol. The largest absolute Gasteiger partial charge is 0.379 e. The highest BCUT2D eigenvalue weighted by atomic mass is 19.1. The molecule has 0 aliphatic carbocycles. The topological polar surface area (TPSA) is 53.6 Å². The molecule has 2 N–H and O–H groups in total. The van der Waals surface area contributed by atoms with Gasteiger partial charge in [0.2, 0.25) is 5.91 Å². The lowest BCUT2D eigenvalue weighted by atomic mass is 10.0. The Bertz CT molecular complexity index is 492. The van der Waals surface area contributed by atoms with E-state index in [1.807, 2.05) is 4.90 Å². The molecule has 1 fully saturated rings. The first-order valence-electron chi connectivity index (χ1n) is 8.28. The molecule has 1 aliphatic rings. The maximum atomic E-state index is 13.6. The van der Waals surface area contributed by atoms with Crippen molar-refractivity contribution in [2.75, 3.05) is 45.9 Å². The third-order valence-electron chi connectivity index (χ3n) is 3.85. The SMILES string of the molecule is CCCNCCNC(=O)C(c1cccc(F)c1)N1CCOCC1. The van der Waals surface area contributed by atoms with E-state index in [1.54, 1.807) is 12.1 Å². The first kappa shape index (κ1) is 17.8. The fourth-order valence-corrected chi connectivity index (χ4v) is 2.71. The highest BCUT2D eigenvalue weighted by molar-refractivity contribution is 5.83. The number of nitrogens with one attached hydrogen (secondary N) is 2. The standard InChI is InChI=1S/C17H26FN3O2/c1-2-6-19-7-8-20-17(22)16(21-9-11-23-12-10-21)14-4-3-5-15(18)13-14/h3-5,13,16,19H,2,6-12H2,1H3,(H,20,22). The highest BCUT2D eigenvalue weighted by Gasteiger charge is 2.29. The van der Waals surface area contributed by atoms with Crippen LogP contribution in [0.4, 0.5) is 4.39 Å². The van der Waals surface area contributed by atoms with E-state index in [9.17, 15) is 9.18 Å². The van der Waals surface area contributed by atoms with E-state index in [-0.39, 0.29) is 11.7 Å². The van der Waals surface area contributed by atoms with E-state index in [1.165, 1.54) is 12.1 Å². The van der Waals surface area contributed by atoms with E-state index < -0.39 is 6.04 Å². The maximum absolute atomic E-state index is 13.6. The second kappa shape index (κ2) is 9.60. The van der Waals surface area contributed by atoms with Crippen LogP contribution in [0.1, 0.15) is 24.9 Å². The zero-order chi connectivity index (χ0) is 16.5. The van der Waals surface area contributed by atoms with Crippen LogP contribution >= 0.6 is 0 Å². The van der Waals surface area contributed by atoms with Gasteiger partial charge in [-0.15, -0.1) is 0 Å². The van der Waals surface area contributed by atoms with Gasteiger partial charge in [-0.1, -0.05) is 19.1 Å². The van der Waals surface area contributed by atoms with E-state index in [2.05, 4.69) is 17.6 Å². The van der Waals surface area contributed by atoms with Crippen molar-refractivity contribution in [2.24, 2.45) is 0 Å². The molecule has 0 saturated carbocycles. The number of hydrogen-bond acceptors (Lipinski definition) is 4. The molecular formula is C17H26FN3O2. The Morgan fingerprint density at radius 3 is 2.78 bits per heavy atom. The van der Waals surface area contributed by atoms with Gasteiger partial charge in [0.25, 0.3) is 0 Å². The van der Waals surface area contributed by atoms with Crippen LogP contribution in [-0.2, 0) is 9.53 Å². The molecule has 1 aromatic carbocycles. The Morgan fingerprint density at radius 2 is 2.09 bits per heavy atom. The monoisotopic (exact) mass is 323 g/mol. The van der Waals surface area contributed by atoms with Crippen molar-refractivity contribution in [3.8, 4) is 0 Å². The molecule has 2 rings (SSSR count). The van der Waals surface area contributed by atoms with Crippen LogP contribution in [0.3, 0.4) is 0 Å². The molecule has 6 heteroatoms. The number of carbonyl (C=O) groups excluding carboxylic acids is 1. The minimum absolute atomic E-state index is 0.0872. The van der Waals surface area contributed by atoms with Gasteiger partial charge in [-0.25, -0.2) is 4.39 Å². The molecule has 1 aliphatic heterocycles. The Hall–Kier alpha value is -1.50. The minimum Gasteiger partial charge on any atom is -0.379 e. The van der Waals surface area contributed by atoms with Crippen LogP contribution in [0, 0.1) is 5.82 Å². The number of nitrogens with zero attached hydrogens (tertiary/aromatic N) is 1. The summed E-state index contributed by atoms with van der Waals surface area (Å²) in [7, 11) is 0. The van der Waals surface area contributed by atoms with Crippen molar-refractivity contribution >= 4 is 5.91 Å². The molecule has 1 heterocycles. The molecule has 23 heavy (non-hydrogen) atoms. The van der Waals surface area contributed by atoms with E-state index >= 15 is 0 Å². The molecule has 5 nitrogen and oxygen atoms in total. The Morgan fingerprint density at radius 1 is 1.30 bits per heavy atom. The summed E-state index contributed by atoms with van der Waals surface area (Å²) in [4.78, 5) is 14.7. The summed E-state index contributed by atoms with van der Waals surface area (Å²) in [6.07, 6.45) is 1.06. The van der Waals surface area contributed by atoms with Gasteiger partial charge < -0.3 is 15.4 Å². The third-order valence-corrected chi connectivity index (χ3v) is 3.85. The molecule has 1 aromatic rings. The lowest BCUT2D eigenvalue weighted by molar-refractivity contribution is -0.128. The summed E-state index contributed by atoms with van der Waals surface area (Å²) in [5, 5.41) is 6.20. The molecule has 0 aromatic heterocycles. The van der Waals surface area contributed by atoms with Gasteiger partial charge in [0.15, 0.2) is 0 Å². The Labute approximate surface area is 137 Å². The third kappa shape index (κ3) is 5.57. The summed E-state index contributed by atoms with van der Waals surface area (Å²) >= 11 is 0. The van der Waals surface area contributed by atoms with Crippen molar-refractivity contribution < 1.29 is 13.9 Å². The van der Waals surface area contributed by atoms with Gasteiger partial charge in [-0.2, -0.15) is 0 Å². The highest BCUT2D eigenvalue weighted by Crippen LogP contribution is 2.22. The van der Waals surface area contributed by atoms with Crippen molar-refractivity contribution in [3.05, 3.63) is 35.6 Å². The fraction of sp³-hybridized carbons (Fsp3) is 0.588. The zero-order valence-electron chi connectivity index (χ0n) is 13.7. The molecule has 1 amide bonds. The number of benzene rings is 1. The lowest BCUT2D eigenvalue weighted by Crippen LogP contribution is -2.46. The van der Waals surface area contributed by atoms with E-state index in [0.29, 0.717) is 38.4 Å². The summed E-state index contributed by atoms with van der Waals surface area (Å²) in [5.41, 5.74) is 0.686. The maximum Gasteiger partial charge on any atom is 0.242 e. The first-order valence-corrected chi connectivity index (χ1v) is 8.28. The number of amides is 1. The fourth-order valence-electron chi connectivity index (χ4n) is 2.71. The number of carbonyl (C=O) groups is 1. The molecule has 0 spiro atoms. The predicted molar refractivity (Wildman–Crippen MR) is 87.7 cm³/mol. The minimum atomic E-state index is -0.472. The summed E-state index contributed by atoms with van der Waals surface area (Å²) < 4.78 is 18.9. The van der Waals surface area contributed by atoms with Gasteiger partial charge in [0, 0.05) is 26.2 Å². The molecule has 1 unspecified atom stereocenters. The van der Waals surface area contributed by atoms with Crippen LogP contribution in [-0.4, -0.2) is 56.7 Å². The van der Waals surface area contributed by atoms with Crippen LogP contribution < -0.4 is 10.6 Å². The number of morpholine rings is 1. The number of rotatable bonds is 8. The first-order chi connectivity index (χ1) is 11.2. The van der Waals surface area contributed by atoms with Gasteiger partial charge in [-0.3, -0.25) is 9.69 Å². The Balaban J connectivity index is 2.02. The molecule has 128 valence electrons. The molecule has 1 atom stereocenters. The second-order valence-corrected chi connectivity index (χ2v) is 5.65. The normalized spacial score (nSPS) is 17.0. The average Bonchev–Trinajstić information content (AvgIpc) is 2.56. The molecule has 0 radical (unpaired) electrons. The number of hydrogen-bond donors (Lipinski definition) is 2. The quantitative estimate of drug-likeness (QED) is 0.709. The van der Waals surface area contributed by atoms with Gasteiger partial charge >= 0.3 is 0 Å². The molecular weight excluding hydrogens is 297 g/mol. The number of halogens is 1. The van der Waals surface area contributed by atoms with Gasteiger partial charge in [0.1, 0.15) is 11.9 Å². The van der Waals surface area contributed by atoms with Gasteiger partial charge in [0.05, 0.1) is 13.2 Å².